The van der Waals surface area contributed by atoms with Crippen LogP contribution in [-0.2, 0) is 7.05 Å². The van der Waals surface area contributed by atoms with Gasteiger partial charge >= 0.3 is 0 Å². The van der Waals surface area contributed by atoms with Crippen LogP contribution in [0.5, 0.6) is 0 Å². The molecule has 0 saturated heterocycles. The smallest absolute Gasteiger partial charge is 0.236 e. The van der Waals surface area contributed by atoms with Gasteiger partial charge in [0.05, 0.1) is 6.07 Å². The van der Waals surface area contributed by atoms with E-state index in [9.17, 15) is 0 Å². The summed E-state index contributed by atoms with van der Waals surface area (Å²) >= 11 is 0. The summed E-state index contributed by atoms with van der Waals surface area (Å²) in [6, 6.07) is 20.6. The van der Waals surface area contributed by atoms with Gasteiger partial charge < -0.3 is 0 Å². The largest absolute Gasteiger partial charge is 0.255 e. The first-order chi connectivity index (χ1) is 10.2. The minimum absolute atomic E-state index is 0.877. The highest BCUT2D eigenvalue weighted by atomic mass is 16.5. The van der Waals surface area contributed by atoms with Gasteiger partial charge in [0.1, 0.15) is 0 Å². The molecule has 3 aromatic rings. The average Bonchev–Trinajstić information content (AvgIpc) is 2.89. The van der Waals surface area contributed by atoms with Gasteiger partial charge in [0, 0.05) is 11.6 Å². The molecule has 0 atom stereocenters. The molecule has 0 aliphatic rings. The Kier molecular flexibility index (Phi) is 3.69. The van der Waals surface area contributed by atoms with Crippen LogP contribution in [0, 0.1) is 6.92 Å². The monoisotopic (exact) mass is 276 g/mol. The molecule has 0 spiro atoms. The van der Waals surface area contributed by atoms with Gasteiger partial charge in [-0.15, -0.1) is 0 Å². The number of rotatable bonds is 3. The highest BCUT2D eigenvalue weighted by molar-refractivity contribution is 5.69. The summed E-state index contributed by atoms with van der Waals surface area (Å²) in [5.74, 6) is 0.877. The van der Waals surface area contributed by atoms with Crippen LogP contribution in [0.1, 0.15) is 16.8 Å². The third-order valence-electron chi connectivity index (χ3n) is 3.46. The fourth-order valence-corrected chi connectivity index (χ4v) is 2.20. The van der Waals surface area contributed by atoms with E-state index in [1.165, 1.54) is 11.1 Å². The standard InChI is InChI=1S/C19H18NO/c1-15-8-10-16(11-9-15)12-13-18-14-19(21-20(18)2)17-6-4-3-5-7-17/h3-14H,1-2H3/q+1/b13-12+. The summed E-state index contributed by atoms with van der Waals surface area (Å²) in [7, 11) is 1.92. The molecule has 104 valence electrons. The molecular formula is C19H18NO+. The third-order valence-corrected chi connectivity index (χ3v) is 3.46. The van der Waals surface area contributed by atoms with E-state index in [-0.39, 0.29) is 0 Å². The lowest BCUT2D eigenvalue weighted by atomic mass is 10.1. The Morgan fingerprint density at radius 1 is 0.905 bits per heavy atom. The molecule has 21 heavy (non-hydrogen) atoms. The van der Waals surface area contributed by atoms with Crippen molar-refractivity contribution in [1.29, 1.82) is 0 Å². The number of nitrogens with zero attached hydrogens (tertiary/aromatic N) is 1. The van der Waals surface area contributed by atoms with E-state index in [4.69, 9.17) is 4.52 Å². The van der Waals surface area contributed by atoms with E-state index in [0.29, 0.717) is 0 Å². The van der Waals surface area contributed by atoms with Crippen LogP contribution in [0.15, 0.2) is 65.2 Å². The Bertz CT molecular complexity index is 752. The summed E-state index contributed by atoms with van der Waals surface area (Å²) < 4.78 is 7.56. The van der Waals surface area contributed by atoms with Crippen molar-refractivity contribution >= 4 is 12.2 Å². The molecule has 0 radical (unpaired) electrons. The van der Waals surface area contributed by atoms with Gasteiger partial charge in [0.2, 0.25) is 5.76 Å². The van der Waals surface area contributed by atoms with Crippen molar-refractivity contribution in [3.63, 3.8) is 0 Å². The SMILES string of the molecule is Cc1ccc(/C=C/c2cc(-c3ccccc3)o[n+]2C)cc1. The highest BCUT2D eigenvalue weighted by Gasteiger charge is 2.14. The van der Waals surface area contributed by atoms with Crippen LogP contribution in [0.25, 0.3) is 23.5 Å². The van der Waals surface area contributed by atoms with Gasteiger partial charge in [-0.05, 0) is 23.3 Å². The van der Waals surface area contributed by atoms with Gasteiger partial charge in [-0.3, -0.25) is 0 Å². The van der Waals surface area contributed by atoms with Crippen LogP contribution in [0.4, 0.5) is 0 Å². The number of hydrogen-bond acceptors (Lipinski definition) is 1. The summed E-state index contributed by atoms with van der Waals surface area (Å²) in [6.45, 7) is 2.09. The summed E-state index contributed by atoms with van der Waals surface area (Å²) in [5.41, 5.74) is 4.58. The molecule has 0 aliphatic heterocycles. The molecule has 3 rings (SSSR count). The van der Waals surface area contributed by atoms with Gasteiger partial charge in [-0.2, -0.15) is 0 Å². The summed E-state index contributed by atoms with van der Waals surface area (Å²) in [5, 5.41) is 0. The maximum atomic E-state index is 5.77. The first kappa shape index (κ1) is 13.4. The average molecular weight is 276 g/mol. The first-order valence-electron chi connectivity index (χ1n) is 7.03. The normalized spacial score (nSPS) is 11.1. The number of aryl methyl sites for hydroxylation is 2. The first-order valence-corrected chi connectivity index (χ1v) is 7.03. The van der Waals surface area contributed by atoms with E-state index >= 15 is 0 Å². The second-order valence-electron chi connectivity index (χ2n) is 5.13. The molecule has 0 aliphatic carbocycles. The van der Waals surface area contributed by atoms with Crippen molar-refractivity contribution in [2.75, 3.05) is 0 Å². The molecule has 1 aromatic heterocycles. The Balaban J connectivity index is 1.86. The Morgan fingerprint density at radius 3 is 2.33 bits per heavy atom. The lowest BCUT2D eigenvalue weighted by molar-refractivity contribution is -0.844. The molecule has 2 heteroatoms. The Hall–Kier alpha value is -2.61. The lowest BCUT2D eigenvalue weighted by Gasteiger charge is -1.93. The minimum atomic E-state index is 0.877. The van der Waals surface area contributed by atoms with Crippen LogP contribution in [-0.4, -0.2) is 0 Å². The second-order valence-corrected chi connectivity index (χ2v) is 5.13. The maximum Gasteiger partial charge on any atom is 0.255 e. The molecule has 2 nitrogen and oxygen atoms in total. The number of hydrogen-bond donors (Lipinski definition) is 0. The summed E-state index contributed by atoms with van der Waals surface area (Å²) in [4.78, 5) is 0. The Labute approximate surface area is 124 Å². The molecule has 0 unspecified atom stereocenters. The van der Waals surface area contributed by atoms with Crippen LogP contribution < -0.4 is 4.74 Å². The molecule has 1 heterocycles. The topological polar surface area (TPSA) is 17.0 Å². The summed E-state index contributed by atoms with van der Waals surface area (Å²) in [6.07, 6.45) is 4.17. The highest BCUT2D eigenvalue weighted by Crippen LogP contribution is 2.19. The van der Waals surface area contributed by atoms with Crippen LogP contribution in [0.2, 0.25) is 0 Å². The Morgan fingerprint density at radius 2 is 1.62 bits per heavy atom. The molecule has 2 aromatic carbocycles. The molecule has 0 N–H and O–H groups in total. The second kappa shape index (κ2) is 5.80. The quantitative estimate of drug-likeness (QED) is 0.654. The van der Waals surface area contributed by atoms with Crippen LogP contribution >= 0.6 is 0 Å². The van der Waals surface area contributed by atoms with Crippen molar-refractivity contribution in [3.05, 3.63) is 77.5 Å². The van der Waals surface area contributed by atoms with Crippen molar-refractivity contribution in [2.24, 2.45) is 7.05 Å². The molecule has 0 fully saturated rings. The molecule has 0 saturated carbocycles. The van der Waals surface area contributed by atoms with Crippen molar-refractivity contribution in [3.8, 4) is 11.3 Å². The minimum Gasteiger partial charge on any atom is -0.236 e. The van der Waals surface area contributed by atoms with E-state index < -0.39 is 0 Å². The molecule has 0 amide bonds. The van der Waals surface area contributed by atoms with Crippen molar-refractivity contribution < 1.29 is 9.26 Å². The van der Waals surface area contributed by atoms with E-state index in [1.54, 1.807) is 4.74 Å². The predicted octanol–water partition coefficient (Wildman–Crippen LogP) is 4.25. The third kappa shape index (κ3) is 3.11. The predicted molar refractivity (Wildman–Crippen MR) is 85.4 cm³/mol. The number of benzene rings is 2. The fraction of sp³-hybridized carbons (Fsp3) is 0.105. The van der Waals surface area contributed by atoms with Gasteiger partial charge in [-0.25, -0.2) is 4.52 Å². The molecular weight excluding hydrogens is 258 g/mol. The van der Waals surface area contributed by atoms with E-state index in [1.807, 2.05) is 37.4 Å². The zero-order valence-electron chi connectivity index (χ0n) is 12.3. The van der Waals surface area contributed by atoms with Gasteiger partial charge in [-0.1, -0.05) is 60.2 Å². The van der Waals surface area contributed by atoms with E-state index in [2.05, 4.69) is 49.4 Å². The number of aromatic nitrogens is 1. The maximum absolute atomic E-state index is 5.77. The van der Waals surface area contributed by atoms with Crippen molar-refractivity contribution in [2.45, 2.75) is 6.92 Å². The zero-order valence-corrected chi connectivity index (χ0v) is 12.3. The fourth-order valence-electron chi connectivity index (χ4n) is 2.20. The zero-order chi connectivity index (χ0) is 14.7. The van der Waals surface area contributed by atoms with Crippen molar-refractivity contribution in [1.82, 2.24) is 0 Å². The van der Waals surface area contributed by atoms with Gasteiger partial charge in [0.15, 0.2) is 7.05 Å². The molecule has 0 bridgehead atoms. The van der Waals surface area contributed by atoms with E-state index in [0.717, 1.165) is 17.0 Å². The van der Waals surface area contributed by atoms with Gasteiger partial charge in [0.25, 0.3) is 5.69 Å². The lowest BCUT2D eigenvalue weighted by Crippen LogP contribution is -2.27. The van der Waals surface area contributed by atoms with Crippen LogP contribution in [0.3, 0.4) is 0 Å².